The third-order valence-electron chi connectivity index (χ3n) is 3.03. The van der Waals surface area contributed by atoms with Crippen molar-refractivity contribution >= 4 is 17.4 Å². The largest absolute Gasteiger partial charge is 0.398 e. The van der Waals surface area contributed by atoms with Crippen molar-refractivity contribution in [3.8, 4) is 0 Å². The molecule has 0 saturated carbocycles. The number of nitrogens with zero attached hydrogens (tertiary/aromatic N) is 1. The highest BCUT2D eigenvalue weighted by Crippen LogP contribution is 2.24. The Balaban J connectivity index is 1.73. The van der Waals surface area contributed by atoms with Gasteiger partial charge in [0.2, 0.25) is 0 Å². The summed E-state index contributed by atoms with van der Waals surface area (Å²) in [6.07, 6.45) is 4.16. The quantitative estimate of drug-likeness (QED) is 0.644. The molecule has 0 aliphatic carbocycles. The number of anilines is 1. The molecular formula is C13H20N2S. The highest BCUT2D eigenvalue weighted by molar-refractivity contribution is 7.99. The van der Waals surface area contributed by atoms with Crippen molar-refractivity contribution in [3.63, 3.8) is 0 Å². The Morgan fingerprint density at radius 1 is 1.12 bits per heavy atom. The molecule has 0 aromatic heterocycles. The molecule has 0 unspecified atom stereocenters. The number of likely N-dealkylation sites (tertiary alicyclic amines) is 1. The van der Waals surface area contributed by atoms with Crippen LogP contribution in [0.4, 0.5) is 5.69 Å². The van der Waals surface area contributed by atoms with E-state index in [2.05, 4.69) is 17.0 Å². The van der Waals surface area contributed by atoms with E-state index >= 15 is 0 Å². The number of hydrogen-bond donors (Lipinski definition) is 1. The van der Waals surface area contributed by atoms with Crippen molar-refractivity contribution in [1.82, 2.24) is 4.90 Å². The number of rotatable bonds is 4. The van der Waals surface area contributed by atoms with Gasteiger partial charge in [0.15, 0.2) is 0 Å². The predicted octanol–water partition coefficient (Wildman–Crippen LogP) is 2.85. The zero-order valence-corrected chi connectivity index (χ0v) is 10.5. The summed E-state index contributed by atoms with van der Waals surface area (Å²) in [5.41, 5.74) is 6.81. The van der Waals surface area contributed by atoms with E-state index in [0.717, 1.165) is 11.4 Å². The maximum absolute atomic E-state index is 5.91. The molecule has 1 fully saturated rings. The van der Waals surface area contributed by atoms with E-state index in [9.17, 15) is 0 Å². The molecule has 2 rings (SSSR count). The number of hydrogen-bond acceptors (Lipinski definition) is 3. The van der Waals surface area contributed by atoms with Gasteiger partial charge < -0.3 is 10.6 Å². The van der Waals surface area contributed by atoms with Crippen molar-refractivity contribution in [3.05, 3.63) is 24.3 Å². The summed E-state index contributed by atoms with van der Waals surface area (Å²) in [7, 11) is 0. The van der Waals surface area contributed by atoms with Crippen LogP contribution in [0.2, 0.25) is 0 Å². The van der Waals surface area contributed by atoms with Crippen molar-refractivity contribution in [2.45, 2.75) is 24.2 Å². The Kier molecular flexibility index (Phi) is 4.55. The monoisotopic (exact) mass is 236 g/mol. The number of piperidine rings is 1. The number of nitrogen functional groups attached to an aromatic ring is 1. The van der Waals surface area contributed by atoms with Gasteiger partial charge in [0, 0.05) is 22.9 Å². The lowest BCUT2D eigenvalue weighted by Gasteiger charge is -2.26. The van der Waals surface area contributed by atoms with Crippen molar-refractivity contribution < 1.29 is 0 Å². The van der Waals surface area contributed by atoms with Crippen LogP contribution in [-0.2, 0) is 0 Å². The van der Waals surface area contributed by atoms with Crippen LogP contribution < -0.4 is 5.73 Å². The minimum Gasteiger partial charge on any atom is -0.398 e. The fourth-order valence-electron chi connectivity index (χ4n) is 2.08. The van der Waals surface area contributed by atoms with Gasteiger partial charge in [-0.2, -0.15) is 0 Å². The molecule has 1 aromatic carbocycles. The molecule has 2 N–H and O–H groups in total. The Morgan fingerprint density at radius 2 is 1.88 bits per heavy atom. The molecule has 0 bridgehead atoms. The molecule has 0 atom stereocenters. The molecule has 1 aromatic rings. The second-order valence-corrected chi connectivity index (χ2v) is 5.43. The van der Waals surface area contributed by atoms with E-state index in [0.29, 0.717) is 0 Å². The molecule has 0 radical (unpaired) electrons. The first-order chi connectivity index (χ1) is 7.86. The molecule has 1 saturated heterocycles. The van der Waals surface area contributed by atoms with Crippen LogP contribution in [0.5, 0.6) is 0 Å². The summed E-state index contributed by atoms with van der Waals surface area (Å²) in [6, 6.07) is 8.13. The van der Waals surface area contributed by atoms with Gasteiger partial charge in [-0.25, -0.2) is 0 Å². The van der Waals surface area contributed by atoms with Gasteiger partial charge in [-0.05, 0) is 38.1 Å². The molecule has 88 valence electrons. The first-order valence-corrected chi connectivity index (χ1v) is 7.04. The molecule has 0 spiro atoms. The fourth-order valence-corrected chi connectivity index (χ4v) is 3.06. The molecule has 1 heterocycles. The predicted molar refractivity (Wildman–Crippen MR) is 71.9 cm³/mol. The molecule has 16 heavy (non-hydrogen) atoms. The van der Waals surface area contributed by atoms with Crippen LogP contribution in [-0.4, -0.2) is 30.3 Å². The van der Waals surface area contributed by atoms with Gasteiger partial charge in [-0.15, -0.1) is 11.8 Å². The number of thioether (sulfide) groups is 1. The summed E-state index contributed by atoms with van der Waals surface area (Å²) < 4.78 is 0. The maximum Gasteiger partial charge on any atom is 0.0452 e. The minimum absolute atomic E-state index is 0.908. The zero-order chi connectivity index (χ0) is 11.2. The molecule has 2 nitrogen and oxygen atoms in total. The number of benzene rings is 1. The number of nitrogens with two attached hydrogens (primary N) is 1. The van der Waals surface area contributed by atoms with E-state index in [1.54, 1.807) is 0 Å². The van der Waals surface area contributed by atoms with Crippen molar-refractivity contribution in [2.75, 3.05) is 31.1 Å². The Morgan fingerprint density at radius 3 is 2.62 bits per heavy atom. The maximum atomic E-state index is 5.91. The SMILES string of the molecule is Nc1ccccc1SCCN1CCCCC1. The Hall–Kier alpha value is -0.670. The average Bonchev–Trinajstić information content (AvgIpc) is 2.33. The van der Waals surface area contributed by atoms with E-state index < -0.39 is 0 Å². The summed E-state index contributed by atoms with van der Waals surface area (Å²) in [5, 5.41) is 0. The fraction of sp³-hybridized carbons (Fsp3) is 0.538. The van der Waals surface area contributed by atoms with Gasteiger partial charge in [0.05, 0.1) is 0 Å². The van der Waals surface area contributed by atoms with E-state index in [-0.39, 0.29) is 0 Å². The molecule has 0 amide bonds. The first-order valence-electron chi connectivity index (χ1n) is 6.06. The van der Waals surface area contributed by atoms with Gasteiger partial charge in [0.25, 0.3) is 0 Å². The van der Waals surface area contributed by atoms with Gasteiger partial charge in [-0.3, -0.25) is 0 Å². The van der Waals surface area contributed by atoms with E-state index in [1.807, 2.05) is 23.9 Å². The molecule has 3 heteroatoms. The summed E-state index contributed by atoms with van der Waals surface area (Å²) in [6.45, 7) is 3.76. The second kappa shape index (κ2) is 6.16. The smallest absolute Gasteiger partial charge is 0.0452 e. The third-order valence-corrected chi connectivity index (χ3v) is 4.10. The summed E-state index contributed by atoms with van der Waals surface area (Å²) in [5.74, 6) is 1.15. The molecule has 1 aliphatic rings. The highest BCUT2D eigenvalue weighted by Gasteiger charge is 2.09. The zero-order valence-electron chi connectivity index (χ0n) is 9.69. The normalized spacial score (nSPS) is 17.5. The van der Waals surface area contributed by atoms with Gasteiger partial charge in [-0.1, -0.05) is 18.6 Å². The van der Waals surface area contributed by atoms with Crippen LogP contribution >= 0.6 is 11.8 Å². The van der Waals surface area contributed by atoms with E-state index in [4.69, 9.17) is 5.73 Å². The summed E-state index contributed by atoms with van der Waals surface area (Å²) >= 11 is 1.87. The topological polar surface area (TPSA) is 29.3 Å². The second-order valence-electron chi connectivity index (χ2n) is 4.29. The highest BCUT2D eigenvalue weighted by atomic mass is 32.2. The van der Waals surface area contributed by atoms with Gasteiger partial charge >= 0.3 is 0 Å². The number of para-hydroxylation sites is 1. The van der Waals surface area contributed by atoms with Crippen LogP contribution in [0, 0.1) is 0 Å². The first kappa shape index (κ1) is 11.8. The molecular weight excluding hydrogens is 216 g/mol. The average molecular weight is 236 g/mol. The van der Waals surface area contributed by atoms with E-state index in [1.165, 1.54) is 43.8 Å². The van der Waals surface area contributed by atoms with Crippen LogP contribution in [0.25, 0.3) is 0 Å². The summed E-state index contributed by atoms with van der Waals surface area (Å²) in [4.78, 5) is 3.79. The van der Waals surface area contributed by atoms with Crippen LogP contribution in [0.3, 0.4) is 0 Å². The lowest BCUT2D eigenvalue weighted by atomic mass is 10.1. The van der Waals surface area contributed by atoms with Crippen molar-refractivity contribution in [1.29, 1.82) is 0 Å². The lowest BCUT2D eigenvalue weighted by molar-refractivity contribution is 0.242. The standard InChI is InChI=1S/C13H20N2S/c14-12-6-2-3-7-13(12)16-11-10-15-8-4-1-5-9-15/h2-3,6-7H,1,4-5,8-11,14H2. The molecule has 1 aliphatic heterocycles. The van der Waals surface area contributed by atoms with Crippen LogP contribution in [0.15, 0.2) is 29.2 Å². The Labute approximate surface area is 102 Å². The Bertz CT molecular complexity index is 321. The van der Waals surface area contributed by atoms with Crippen LogP contribution in [0.1, 0.15) is 19.3 Å². The lowest BCUT2D eigenvalue weighted by Crippen LogP contribution is -2.31. The van der Waals surface area contributed by atoms with Gasteiger partial charge in [0.1, 0.15) is 0 Å². The van der Waals surface area contributed by atoms with Crippen molar-refractivity contribution in [2.24, 2.45) is 0 Å². The third kappa shape index (κ3) is 3.42. The minimum atomic E-state index is 0.908.